The molecule has 0 spiro atoms. The minimum absolute atomic E-state index is 0.275. The molecule has 1 saturated heterocycles. The fraction of sp³-hybridized carbons (Fsp3) is 0.462. The molecule has 0 radical (unpaired) electrons. The van der Waals surface area contributed by atoms with Crippen molar-refractivity contribution in [2.75, 3.05) is 23.3 Å². The molecule has 1 aromatic carbocycles. The van der Waals surface area contributed by atoms with E-state index in [4.69, 9.17) is 0 Å². The molecule has 0 amide bonds. The number of nitrogens with one attached hydrogen (secondary N) is 3. The number of H-pyrrole nitrogens is 1. The Labute approximate surface area is 203 Å². The van der Waals surface area contributed by atoms with E-state index in [1.165, 1.54) is 25.0 Å². The summed E-state index contributed by atoms with van der Waals surface area (Å²) in [6.45, 7) is 1.66. The molecule has 35 heavy (non-hydrogen) atoms. The molecule has 3 heterocycles. The lowest BCUT2D eigenvalue weighted by Crippen LogP contribution is -2.55. The maximum atomic E-state index is 12.9. The van der Waals surface area contributed by atoms with Gasteiger partial charge in [-0.1, -0.05) is 12.8 Å². The second kappa shape index (κ2) is 10.3. The zero-order valence-electron chi connectivity index (χ0n) is 19.6. The topological polar surface area (TPSA) is 68.9 Å². The van der Waals surface area contributed by atoms with E-state index in [0.29, 0.717) is 12.1 Å². The molecule has 1 saturated carbocycles. The summed E-state index contributed by atoms with van der Waals surface area (Å²) in [7, 11) is 0. The number of aromatic amines is 1. The number of hydrogen-bond donors (Lipinski definition) is 3. The summed E-state index contributed by atoms with van der Waals surface area (Å²) in [4.78, 5) is 6.74. The van der Waals surface area contributed by atoms with Gasteiger partial charge in [-0.25, -0.2) is 4.98 Å². The van der Waals surface area contributed by atoms with Gasteiger partial charge >= 0.3 is 6.18 Å². The zero-order valence-corrected chi connectivity index (χ0v) is 19.6. The average Bonchev–Trinajstić information content (AvgIpc) is 3.41. The molecule has 3 N–H and O–H groups in total. The van der Waals surface area contributed by atoms with E-state index in [1.54, 1.807) is 18.3 Å². The SMILES string of the molecule is FC(F)(F)c1ccc(N2CCC[C@H](N[C@@H]3CCCC[C@H]3Nc3cc(-c4cn[nH]c4)ccn3)C2)cc1. The lowest BCUT2D eigenvalue weighted by molar-refractivity contribution is -0.137. The van der Waals surface area contributed by atoms with Crippen molar-refractivity contribution in [3.8, 4) is 11.1 Å². The molecule has 1 aliphatic heterocycles. The summed E-state index contributed by atoms with van der Waals surface area (Å²) in [5.41, 5.74) is 2.34. The van der Waals surface area contributed by atoms with E-state index >= 15 is 0 Å². The predicted octanol–water partition coefficient (Wildman–Crippen LogP) is 5.47. The van der Waals surface area contributed by atoms with Gasteiger partial charge in [-0.2, -0.15) is 18.3 Å². The van der Waals surface area contributed by atoms with Crippen LogP contribution in [0.5, 0.6) is 0 Å². The maximum Gasteiger partial charge on any atom is 0.416 e. The van der Waals surface area contributed by atoms with Gasteiger partial charge in [0.05, 0.1) is 11.8 Å². The fourth-order valence-electron chi connectivity index (χ4n) is 5.30. The van der Waals surface area contributed by atoms with Crippen LogP contribution in [0.15, 0.2) is 55.0 Å². The van der Waals surface area contributed by atoms with Crippen LogP contribution in [0.25, 0.3) is 11.1 Å². The Balaban J connectivity index is 1.22. The Morgan fingerprint density at radius 2 is 1.74 bits per heavy atom. The van der Waals surface area contributed by atoms with E-state index in [1.807, 2.05) is 18.5 Å². The first-order valence-corrected chi connectivity index (χ1v) is 12.4. The van der Waals surface area contributed by atoms with Crippen LogP contribution in [0.3, 0.4) is 0 Å². The van der Waals surface area contributed by atoms with Crippen LogP contribution in [-0.2, 0) is 6.18 Å². The summed E-state index contributed by atoms with van der Waals surface area (Å²) >= 11 is 0. The lowest BCUT2D eigenvalue weighted by atomic mass is 9.89. The number of piperidine rings is 1. The summed E-state index contributed by atoms with van der Waals surface area (Å²) in [5.74, 6) is 0.859. The van der Waals surface area contributed by atoms with Crippen LogP contribution in [0.2, 0.25) is 0 Å². The third-order valence-corrected chi connectivity index (χ3v) is 7.12. The Morgan fingerprint density at radius 1 is 0.943 bits per heavy atom. The molecule has 186 valence electrons. The van der Waals surface area contributed by atoms with E-state index in [0.717, 1.165) is 61.4 Å². The largest absolute Gasteiger partial charge is 0.416 e. The normalized spacial score (nSPS) is 23.3. The molecular formula is C26H31F3N6. The Morgan fingerprint density at radius 3 is 2.49 bits per heavy atom. The van der Waals surface area contributed by atoms with Crippen molar-refractivity contribution >= 4 is 11.5 Å². The van der Waals surface area contributed by atoms with Crippen LogP contribution in [0, 0.1) is 0 Å². The van der Waals surface area contributed by atoms with Crippen molar-refractivity contribution in [3.05, 3.63) is 60.6 Å². The molecule has 1 aliphatic carbocycles. The maximum absolute atomic E-state index is 12.9. The number of benzene rings is 1. The second-order valence-corrected chi connectivity index (χ2v) is 9.55. The van der Waals surface area contributed by atoms with Gasteiger partial charge in [-0.3, -0.25) is 5.10 Å². The highest BCUT2D eigenvalue weighted by Gasteiger charge is 2.31. The van der Waals surface area contributed by atoms with Gasteiger partial charge < -0.3 is 15.5 Å². The highest BCUT2D eigenvalue weighted by molar-refractivity contribution is 5.64. The smallest absolute Gasteiger partial charge is 0.370 e. The first-order chi connectivity index (χ1) is 17.0. The van der Waals surface area contributed by atoms with Crippen LogP contribution in [-0.4, -0.2) is 46.4 Å². The predicted molar refractivity (Wildman–Crippen MR) is 131 cm³/mol. The number of alkyl halides is 3. The van der Waals surface area contributed by atoms with Crippen molar-refractivity contribution in [1.82, 2.24) is 20.5 Å². The highest BCUT2D eigenvalue weighted by atomic mass is 19.4. The summed E-state index contributed by atoms with van der Waals surface area (Å²) in [6.07, 6.45) is 7.80. The number of anilines is 2. The van der Waals surface area contributed by atoms with Crippen LogP contribution in [0.1, 0.15) is 44.1 Å². The van der Waals surface area contributed by atoms with Gasteiger partial charge in [0.25, 0.3) is 0 Å². The number of aromatic nitrogens is 3. The molecule has 3 aromatic rings. The molecule has 3 atom stereocenters. The van der Waals surface area contributed by atoms with Gasteiger partial charge in [-0.05, 0) is 67.6 Å². The molecule has 2 aromatic heterocycles. The van der Waals surface area contributed by atoms with Gasteiger partial charge in [-0.15, -0.1) is 0 Å². The second-order valence-electron chi connectivity index (χ2n) is 9.55. The first kappa shape index (κ1) is 23.7. The molecule has 9 heteroatoms. The molecule has 2 fully saturated rings. The van der Waals surface area contributed by atoms with Crippen molar-refractivity contribution in [1.29, 1.82) is 0 Å². The minimum atomic E-state index is -4.31. The number of hydrogen-bond acceptors (Lipinski definition) is 5. The molecule has 5 rings (SSSR count). The number of nitrogens with zero attached hydrogens (tertiary/aromatic N) is 3. The van der Waals surface area contributed by atoms with E-state index in [2.05, 4.69) is 36.8 Å². The number of halogens is 3. The standard InChI is InChI=1S/C26H31F3N6/c27-26(28,29)20-7-9-22(10-8-20)35-13-3-4-21(17-35)33-23-5-1-2-6-24(23)34-25-14-18(11-12-30-25)19-15-31-32-16-19/h7-12,14-16,21,23-24,33H,1-6,13,17H2,(H,30,34)(H,31,32)/t21-,23+,24+/m0/s1. The third kappa shape index (κ3) is 5.78. The van der Waals surface area contributed by atoms with Gasteiger partial charge in [0.2, 0.25) is 0 Å². The van der Waals surface area contributed by atoms with Crippen LogP contribution < -0.4 is 15.5 Å². The Kier molecular flexibility index (Phi) is 6.95. The van der Waals surface area contributed by atoms with Gasteiger partial charge in [0.15, 0.2) is 0 Å². The van der Waals surface area contributed by atoms with Crippen molar-refractivity contribution in [3.63, 3.8) is 0 Å². The van der Waals surface area contributed by atoms with Gasteiger partial charge in [0, 0.05) is 54.9 Å². The first-order valence-electron chi connectivity index (χ1n) is 12.4. The lowest BCUT2D eigenvalue weighted by Gasteiger charge is -2.40. The summed E-state index contributed by atoms with van der Waals surface area (Å²) in [5, 5.41) is 14.4. The van der Waals surface area contributed by atoms with E-state index in [-0.39, 0.29) is 6.04 Å². The Hall–Kier alpha value is -3.07. The number of pyridine rings is 1. The summed E-state index contributed by atoms with van der Waals surface area (Å²) in [6, 6.07) is 10.5. The van der Waals surface area contributed by atoms with E-state index < -0.39 is 11.7 Å². The third-order valence-electron chi connectivity index (χ3n) is 7.12. The van der Waals surface area contributed by atoms with Crippen molar-refractivity contribution in [2.45, 2.75) is 62.8 Å². The molecule has 2 aliphatic rings. The molecular weight excluding hydrogens is 453 g/mol. The molecule has 6 nitrogen and oxygen atoms in total. The highest BCUT2D eigenvalue weighted by Crippen LogP contribution is 2.31. The van der Waals surface area contributed by atoms with Crippen molar-refractivity contribution < 1.29 is 13.2 Å². The monoisotopic (exact) mass is 484 g/mol. The van der Waals surface area contributed by atoms with Crippen LogP contribution in [0.4, 0.5) is 24.7 Å². The molecule has 0 bridgehead atoms. The number of rotatable bonds is 6. The Bertz CT molecular complexity index is 1080. The average molecular weight is 485 g/mol. The van der Waals surface area contributed by atoms with Crippen molar-refractivity contribution in [2.24, 2.45) is 0 Å². The summed E-state index contributed by atoms with van der Waals surface area (Å²) < 4.78 is 38.8. The minimum Gasteiger partial charge on any atom is -0.370 e. The fourth-order valence-corrected chi connectivity index (χ4v) is 5.30. The molecule has 0 unspecified atom stereocenters. The van der Waals surface area contributed by atoms with Gasteiger partial charge in [0.1, 0.15) is 5.82 Å². The zero-order chi connectivity index (χ0) is 24.3. The van der Waals surface area contributed by atoms with E-state index in [9.17, 15) is 13.2 Å². The quantitative estimate of drug-likeness (QED) is 0.433. The van der Waals surface area contributed by atoms with Crippen LogP contribution >= 0.6 is 0 Å².